The largest absolute Gasteiger partial charge is 0.489 e. The third kappa shape index (κ3) is 5.24. The van der Waals surface area contributed by atoms with Gasteiger partial charge in [-0.1, -0.05) is 84.9 Å². The van der Waals surface area contributed by atoms with Crippen LogP contribution >= 0.6 is 11.8 Å². The van der Waals surface area contributed by atoms with Gasteiger partial charge in [-0.3, -0.25) is 9.69 Å². The second kappa shape index (κ2) is 10.8. The highest BCUT2D eigenvalue weighted by Crippen LogP contribution is 2.37. The summed E-state index contributed by atoms with van der Waals surface area (Å²) in [6.07, 6.45) is 1.91. The molecule has 1 aliphatic heterocycles. The van der Waals surface area contributed by atoms with Gasteiger partial charge in [0.2, 0.25) is 0 Å². The Bertz CT molecular complexity index is 1610. The molecular weight excluding hydrogens is 488 g/mol. The molecule has 5 aromatic rings. The third-order valence-electron chi connectivity index (χ3n) is 6.21. The molecule has 0 aliphatic carbocycles. The van der Waals surface area contributed by atoms with E-state index in [2.05, 4.69) is 35.3 Å². The molecule has 4 nitrogen and oxygen atoms in total. The van der Waals surface area contributed by atoms with Crippen LogP contribution in [0.3, 0.4) is 0 Å². The molecule has 0 N–H and O–H groups in total. The summed E-state index contributed by atoms with van der Waals surface area (Å²) < 4.78 is 5.98. The van der Waals surface area contributed by atoms with Crippen LogP contribution in [0.25, 0.3) is 16.8 Å². The number of benzene rings is 5. The van der Waals surface area contributed by atoms with E-state index in [1.807, 2.05) is 108 Å². The molecule has 0 atom stereocenters. The van der Waals surface area contributed by atoms with Gasteiger partial charge in [0.1, 0.15) is 12.4 Å². The fourth-order valence-electron chi connectivity index (χ4n) is 4.33. The quantitative estimate of drug-likeness (QED) is 0.215. The van der Waals surface area contributed by atoms with Gasteiger partial charge in [-0.15, -0.1) is 0 Å². The first kappa shape index (κ1) is 23.8. The number of ether oxygens (including phenoxy) is 1. The van der Waals surface area contributed by atoms with Gasteiger partial charge in [0.05, 0.1) is 4.91 Å². The topological polar surface area (TPSA) is 41.9 Å². The number of hydrogen-bond donors (Lipinski definition) is 0. The number of rotatable bonds is 6. The predicted octanol–water partition coefficient (Wildman–Crippen LogP) is 8.23. The molecule has 1 amide bonds. The van der Waals surface area contributed by atoms with E-state index in [4.69, 9.17) is 4.74 Å². The number of hydrogen-bond acceptors (Lipinski definition) is 4. The van der Waals surface area contributed by atoms with E-state index in [9.17, 15) is 4.79 Å². The highest BCUT2D eigenvalue weighted by atomic mass is 32.2. The standard InChI is InChI=1S/C33H24N2O2S/c36-32-31(38-33(34-32)35(28-12-6-2-7-13-28)29-14-8-3-9-15-29)21-25-16-17-27-22-30(19-18-26(27)20-25)37-23-24-10-4-1-5-11-24/h1-22H,23H2. The fraction of sp³-hybridized carbons (Fsp3) is 0.0303. The summed E-state index contributed by atoms with van der Waals surface area (Å²) in [6.45, 7) is 0.529. The van der Waals surface area contributed by atoms with Crippen molar-refractivity contribution in [1.29, 1.82) is 0 Å². The molecule has 0 spiro atoms. The molecule has 5 aromatic carbocycles. The second-order valence-corrected chi connectivity index (χ2v) is 9.87. The Balaban J connectivity index is 1.22. The number of aliphatic imine (C=N–C) groups is 1. The Kier molecular flexibility index (Phi) is 6.75. The van der Waals surface area contributed by atoms with Gasteiger partial charge in [0.25, 0.3) is 5.91 Å². The van der Waals surface area contributed by atoms with Crippen LogP contribution in [0.1, 0.15) is 11.1 Å². The van der Waals surface area contributed by atoms with Crippen LogP contribution < -0.4 is 9.64 Å². The van der Waals surface area contributed by atoms with Crippen molar-refractivity contribution in [3.8, 4) is 5.75 Å². The average Bonchev–Trinajstić information content (AvgIpc) is 3.32. The minimum Gasteiger partial charge on any atom is -0.489 e. The van der Waals surface area contributed by atoms with Crippen molar-refractivity contribution < 1.29 is 9.53 Å². The van der Waals surface area contributed by atoms with Crippen molar-refractivity contribution >= 4 is 51.1 Å². The lowest BCUT2D eigenvalue weighted by atomic mass is 10.1. The molecular formula is C33H24N2O2S. The van der Waals surface area contributed by atoms with Gasteiger partial charge in [-0.25, -0.2) is 0 Å². The van der Waals surface area contributed by atoms with Crippen LogP contribution in [0.15, 0.2) is 137 Å². The number of nitrogens with zero attached hydrogens (tertiary/aromatic N) is 2. The van der Waals surface area contributed by atoms with Crippen molar-refractivity contribution in [3.63, 3.8) is 0 Å². The van der Waals surface area contributed by atoms with Crippen LogP contribution in [-0.4, -0.2) is 11.1 Å². The van der Waals surface area contributed by atoms with Gasteiger partial charge in [-0.2, -0.15) is 4.99 Å². The number of thioether (sulfide) groups is 1. The lowest BCUT2D eigenvalue weighted by Gasteiger charge is -2.23. The maximum Gasteiger partial charge on any atom is 0.286 e. The van der Waals surface area contributed by atoms with Gasteiger partial charge in [0.15, 0.2) is 5.17 Å². The van der Waals surface area contributed by atoms with E-state index in [1.165, 1.54) is 11.8 Å². The van der Waals surface area contributed by atoms with E-state index in [-0.39, 0.29) is 5.91 Å². The summed E-state index contributed by atoms with van der Waals surface area (Å²) >= 11 is 1.39. The Morgan fingerprint density at radius 1 is 0.711 bits per heavy atom. The fourth-order valence-corrected chi connectivity index (χ4v) is 5.29. The van der Waals surface area contributed by atoms with Crippen molar-refractivity contribution in [2.45, 2.75) is 6.61 Å². The minimum absolute atomic E-state index is 0.230. The van der Waals surface area contributed by atoms with Crippen LogP contribution in [0.4, 0.5) is 11.4 Å². The number of amidine groups is 1. The highest BCUT2D eigenvalue weighted by Gasteiger charge is 2.28. The summed E-state index contributed by atoms with van der Waals surface area (Å²) in [7, 11) is 0. The molecule has 0 radical (unpaired) electrons. The molecule has 0 fully saturated rings. The molecule has 0 bridgehead atoms. The van der Waals surface area contributed by atoms with E-state index in [0.717, 1.165) is 39.0 Å². The molecule has 6 rings (SSSR count). The predicted molar refractivity (Wildman–Crippen MR) is 158 cm³/mol. The first-order chi connectivity index (χ1) is 18.7. The molecule has 0 saturated heterocycles. The SMILES string of the molecule is O=C1N=C(N(c2ccccc2)c2ccccc2)SC1=Cc1ccc2cc(OCc3ccccc3)ccc2c1. The smallest absolute Gasteiger partial charge is 0.286 e. The summed E-state index contributed by atoms with van der Waals surface area (Å²) in [5.74, 6) is 0.598. The number of carbonyl (C=O) groups excluding carboxylic acids is 1. The monoisotopic (exact) mass is 512 g/mol. The first-order valence-electron chi connectivity index (χ1n) is 12.4. The van der Waals surface area contributed by atoms with E-state index < -0.39 is 0 Å². The lowest BCUT2D eigenvalue weighted by Crippen LogP contribution is -2.21. The summed E-state index contributed by atoms with van der Waals surface area (Å²) in [4.78, 5) is 20.0. The van der Waals surface area contributed by atoms with Crippen molar-refractivity contribution in [3.05, 3.63) is 143 Å². The number of anilines is 2. The molecule has 0 aromatic heterocycles. The highest BCUT2D eigenvalue weighted by molar-refractivity contribution is 8.18. The van der Waals surface area contributed by atoms with Crippen LogP contribution in [0.2, 0.25) is 0 Å². The number of amides is 1. The van der Waals surface area contributed by atoms with Gasteiger partial charge < -0.3 is 4.74 Å². The molecule has 184 valence electrons. The van der Waals surface area contributed by atoms with E-state index in [1.54, 1.807) is 0 Å². The Labute approximate surface area is 225 Å². The van der Waals surface area contributed by atoms with Crippen LogP contribution in [0, 0.1) is 0 Å². The zero-order valence-corrected chi connectivity index (χ0v) is 21.3. The summed E-state index contributed by atoms with van der Waals surface area (Å²) in [5.41, 5.74) is 3.99. The molecule has 1 aliphatic rings. The number of para-hydroxylation sites is 2. The first-order valence-corrected chi connectivity index (χ1v) is 13.2. The molecule has 1 heterocycles. The van der Waals surface area contributed by atoms with Crippen LogP contribution in [0.5, 0.6) is 5.75 Å². The Morgan fingerprint density at radius 3 is 2.00 bits per heavy atom. The number of fused-ring (bicyclic) bond motifs is 1. The summed E-state index contributed by atoms with van der Waals surface area (Å²) in [6, 6.07) is 42.3. The molecule has 0 unspecified atom stereocenters. The zero-order valence-electron chi connectivity index (χ0n) is 20.5. The van der Waals surface area contributed by atoms with Crippen LogP contribution in [-0.2, 0) is 11.4 Å². The maximum atomic E-state index is 12.9. The lowest BCUT2D eigenvalue weighted by molar-refractivity contribution is -0.113. The minimum atomic E-state index is -0.230. The Morgan fingerprint density at radius 2 is 1.32 bits per heavy atom. The third-order valence-corrected chi connectivity index (χ3v) is 7.18. The maximum absolute atomic E-state index is 12.9. The molecule has 5 heteroatoms. The Hall–Kier alpha value is -4.61. The zero-order chi connectivity index (χ0) is 25.7. The van der Waals surface area contributed by atoms with Crippen molar-refractivity contribution in [2.75, 3.05) is 4.90 Å². The molecule has 0 saturated carbocycles. The van der Waals surface area contributed by atoms with Gasteiger partial charge in [0, 0.05) is 11.4 Å². The van der Waals surface area contributed by atoms with Gasteiger partial charge >= 0.3 is 0 Å². The van der Waals surface area contributed by atoms with Gasteiger partial charge in [-0.05, 0) is 82.2 Å². The van der Waals surface area contributed by atoms with E-state index >= 15 is 0 Å². The van der Waals surface area contributed by atoms with Crippen molar-refractivity contribution in [2.24, 2.45) is 4.99 Å². The summed E-state index contributed by atoms with van der Waals surface area (Å²) in [5, 5.41) is 2.80. The second-order valence-electron chi connectivity index (χ2n) is 8.86. The average molecular weight is 513 g/mol. The van der Waals surface area contributed by atoms with Crippen molar-refractivity contribution in [1.82, 2.24) is 0 Å². The van der Waals surface area contributed by atoms with E-state index in [0.29, 0.717) is 16.7 Å². The molecule has 38 heavy (non-hydrogen) atoms. The number of carbonyl (C=O) groups is 1. The normalized spacial score (nSPS) is 14.1.